The van der Waals surface area contributed by atoms with Crippen molar-refractivity contribution in [3.8, 4) is 5.75 Å². The molecule has 6 nitrogen and oxygen atoms in total. The molecule has 1 atom stereocenters. The molecule has 2 aliphatic heterocycles. The van der Waals surface area contributed by atoms with Gasteiger partial charge in [-0.15, -0.1) is 0 Å². The molecular formula is C20H28N2O4S. The van der Waals surface area contributed by atoms with Gasteiger partial charge in [0.15, 0.2) is 0 Å². The van der Waals surface area contributed by atoms with Crippen LogP contribution < -0.4 is 10.1 Å². The predicted octanol–water partition coefficient (Wildman–Crippen LogP) is 2.64. The number of nitrogens with one attached hydrogen (secondary N) is 1. The first-order chi connectivity index (χ1) is 12.7. The summed E-state index contributed by atoms with van der Waals surface area (Å²) in [7, 11) is -3.56. The molecule has 1 unspecified atom stereocenters. The quantitative estimate of drug-likeness (QED) is 0.800. The van der Waals surface area contributed by atoms with E-state index in [2.05, 4.69) is 11.9 Å². The van der Waals surface area contributed by atoms with Gasteiger partial charge in [0.2, 0.25) is 15.9 Å². The molecule has 0 spiro atoms. The zero-order valence-corrected chi connectivity index (χ0v) is 16.8. The highest BCUT2D eigenvalue weighted by Gasteiger charge is 2.31. The van der Waals surface area contributed by atoms with E-state index in [1.807, 2.05) is 13.8 Å². The van der Waals surface area contributed by atoms with Gasteiger partial charge in [-0.05, 0) is 75.8 Å². The fraction of sp³-hybridized carbons (Fsp3) is 0.550. The van der Waals surface area contributed by atoms with E-state index in [9.17, 15) is 13.2 Å². The molecule has 1 saturated heterocycles. The lowest BCUT2D eigenvalue weighted by atomic mass is 9.94. The van der Waals surface area contributed by atoms with E-state index in [0.717, 1.165) is 30.6 Å². The third-order valence-electron chi connectivity index (χ3n) is 5.27. The van der Waals surface area contributed by atoms with Crippen molar-refractivity contribution in [3.63, 3.8) is 0 Å². The van der Waals surface area contributed by atoms with Crippen molar-refractivity contribution in [2.75, 3.05) is 13.1 Å². The number of benzene rings is 1. The van der Waals surface area contributed by atoms with Gasteiger partial charge in [0.1, 0.15) is 11.4 Å². The number of carbonyl (C=O) groups is 1. The number of amides is 1. The van der Waals surface area contributed by atoms with E-state index in [1.54, 1.807) is 18.2 Å². The molecule has 1 N–H and O–H groups in total. The van der Waals surface area contributed by atoms with Crippen molar-refractivity contribution in [3.05, 3.63) is 36.4 Å². The number of ether oxygens (including phenoxy) is 1. The number of rotatable bonds is 4. The molecule has 0 radical (unpaired) electrons. The molecule has 27 heavy (non-hydrogen) atoms. The summed E-state index contributed by atoms with van der Waals surface area (Å²) in [5.41, 5.74) is 0.727. The van der Waals surface area contributed by atoms with Gasteiger partial charge in [0.25, 0.3) is 0 Å². The Morgan fingerprint density at radius 3 is 2.85 bits per heavy atom. The summed E-state index contributed by atoms with van der Waals surface area (Å²) >= 11 is 0. The molecule has 3 rings (SSSR count). The van der Waals surface area contributed by atoms with Crippen LogP contribution in [0.4, 0.5) is 0 Å². The number of hydrogen-bond acceptors (Lipinski definition) is 4. The number of hydrogen-bond donors (Lipinski definition) is 1. The van der Waals surface area contributed by atoms with Crippen molar-refractivity contribution in [1.82, 2.24) is 9.62 Å². The number of fused-ring (bicyclic) bond motifs is 1. The van der Waals surface area contributed by atoms with Crippen LogP contribution in [0.3, 0.4) is 0 Å². The van der Waals surface area contributed by atoms with Gasteiger partial charge < -0.3 is 10.1 Å². The average Bonchev–Trinajstić information content (AvgIpc) is 2.86. The summed E-state index contributed by atoms with van der Waals surface area (Å²) in [6.07, 6.45) is 4.98. The largest absolute Gasteiger partial charge is 0.488 e. The summed E-state index contributed by atoms with van der Waals surface area (Å²) in [4.78, 5) is 11.8. The zero-order valence-electron chi connectivity index (χ0n) is 16.0. The molecule has 1 aromatic carbocycles. The second-order valence-corrected chi connectivity index (χ2v) is 9.81. The van der Waals surface area contributed by atoms with Crippen LogP contribution in [0.2, 0.25) is 0 Å². The second-order valence-electron chi connectivity index (χ2n) is 7.88. The standard InChI is InChI=1S/C20H28N2O4S/c1-4-19(23)21-16-6-5-12-22(13-10-16)27(24,25)17-7-8-18-15(14-17)9-11-20(2,3)26-18/h4,7-8,14,16H,1,5-6,9-13H2,2-3H3,(H,21,23). The van der Waals surface area contributed by atoms with Crippen molar-refractivity contribution >= 4 is 15.9 Å². The lowest BCUT2D eigenvalue weighted by Crippen LogP contribution is -2.36. The molecule has 0 saturated carbocycles. The summed E-state index contributed by atoms with van der Waals surface area (Å²) in [6.45, 7) is 8.40. The van der Waals surface area contributed by atoms with Gasteiger partial charge in [-0.1, -0.05) is 6.58 Å². The first-order valence-electron chi connectivity index (χ1n) is 9.46. The van der Waals surface area contributed by atoms with E-state index in [4.69, 9.17) is 4.74 Å². The van der Waals surface area contributed by atoms with E-state index in [-0.39, 0.29) is 17.6 Å². The average molecular weight is 393 g/mol. The topological polar surface area (TPSA) is 75.7 Å². The monoisotopic (exact) mass is 392 g/mol. The van der Waals surface area contributed by atoms with Crippen LogP contribution in [0.1, 0.15) is 45.1 Å². The second kappa shape index (κ2) is 7.64. The highest BCUT2D eigenvalue weighted by atomic mass is 32.2. The Labute approximate surface area is 161 Å². The summed E-state index contributed by atoms with van der Waals surface area (Å²) in [6, 6.07) is 5.14. The maximum Gasteiger partial charge on any atom is 0.243 e. The van der Waals surface area contributed by atoms with Gasteiger partial charge >= 0.3 is 0 Å². The summed E-state index contributed by atoms with van der Waals surface area (Å²) in [5.74, 6) is 0.558. The molecule has 148 valence electrons. The molecule has 0 aromatic heterocycles. The third kappa shape index (κ3) is 4.52. The van der Waals surface area contributed by atoms with Crippen molar-refractivity contribution in [1.29, 1.82) is 0 Å². The van der Waals surface area contributed by atoms with Crippen molar-refractivity contribution in [2.24, 2.45) is 0 Å². The third-order valence-corrected chi connectivity index (χ3v) is 7.17. The fourth-order valence-electron chi connectivity index (χ4n) is 3.66. The van der Waals surface area contributed by atoms with Gasteiger partial charge in [-0.2, -0.15) is 4.31 Å². The molecule has 0 bridgehead atoms. The lowest BCUT2D eigenvalue weighted by Gasteiger charge is -2.33. The van der Waals surface area contributed by atoms with Crippen LogP contribution in [-0.2, 0) is 21.2 Å². The molecule has 0 aliphatic carbocycles. The minimum absolute atomic E-state index is 0.0186. The smallest absolute Gasteiger partial charge is 0.243 e. The van der Waals surface area contributed by atoms with Gasteiger partial charge in [-0.3, -0.25) is 4.79 Å². The molecule has 1 aromatic rings. The Hall–Kier alpha value is -1.86. The number of aryl methyl sites for hydroxylation is 1. The van der Waals surface area contributed by atoms with Crippen LogP contribution in [0.5, 0.6) is 5.75 Å². The molecule has 7 heteroatoms. The van der Waals surface area contributed by atoms with Crippen LogP contribution in [0.25, 0.3) is 0 Å². The van der Waals surface area contributed by atoms with E-state index < -0.39 is 10.0 Å². The Balaban J connectivity index is 1.75. The highest BCUT2D eigenvalue weighted by Crippen LogP contribution is 2.35. The summed E-state index contributed by atoms with van der Waals surface area (Å²) < 4.78 is 33.7. The number of nitrogens with zero attached hydrogens (tertiary/aromatic N) is 1. The molecule has 1 fully saturated rings. The minimum atomic E-state index is -3.56. The van der Waals surface area contributed by atoms with E-state index >= 15 is 0 Å². The lowest BCUT2D eigenvalue weighted by molar-refractivity contribution is -0.117. The SMILES string of the molecule is C=CC(=O)NC1CCCN(S(=O)(=O)c2ccc3c(c2)CCC(C)(C)O3)CC1. The first kappa shape index (κ1) is 19.9. The highest BCUT2D eigenvalue weighted by molar-refractivity contribution is 7.89. The number of sulfonamides is 1. The maximum absolute atomic E-state index is 13.1. The van der Waals surface area contributed by atoms with Gasteiger partial charge in [-0.25, -0.2) is 8.42 Å². The normalized spacial score (nSPS) is 22.8. The molecular weight excluding hydrogens is 364 g/mol. The number of carbonyl (C=O) groups excluding carboxylic acids is 1. The van der Waals surface area contributed by atoms with E-state index in [1.165, 1.54) is 10.4 Å². The van der Waals surface area contributed by atoms with Crippen LogP contribution >= 0.6 is 0 Å². The van der Waals surface area contributed by atoms with E-state index in [0.29, 0.717) is 30.8 Å². The summed E-state index contributed by atoms with van der Waals surface area (Å²) in [5, 5.41) is 2.87. The molecule has 1 amide bonds. The Bertz CT molecular complexity index is 832. The molecule has 2 aliphatic rings. The van der Waals surface area contributed by atoms with Crippen LogP contribution in [-0.4, -0.2) is 43.4 Å². The van der Waals surface area contributed by atoms with Crippen molar-refractivity contribution < 1.29 is 17.9 Å². The Morgan fingerprint density at radius 1 is 1.33 bits per heavy atom. The van der Waals surface area contributed by atoms with Gasteiger partial charge in [0.05, 0.1) is 4.90 Å². The fourth-order valence-corrected chi connectivity index (χ4v) is 5.20. The maximum atomic E-state index is 13.1. The Morgan fingerprint density at radius 2 is 2.11 bits per heavy atom. The first-order valence-corrected chi connectivity index (χ1v) is 10.9. The Kier molecular flexibility index (Phi) is 5.63. The van der Waals surface area contributed by atoms with Crippen molar-refractivity contribution in [2.45, 2.75) is 62.5 Å². The van der Waals surface area contributed by atoms with Crippen LogP contribution in [0.15, 0.2) is 35.7 Å². The minimum Gasteiger partial charge on any atom is -0.488 e. The van der Waals surface area contributed by atoms with Crippen LogP contribution in [0, 0.1) is 0 Å². The zero-order chi connectivity index (χ0) is 19.7. The predicted molar refractivity (Wildman–Crippen MR) is 104 cm³/mol. The molecule has 2 heterocycles. The van der Waals surface area contributed by atoms with Gasteiger partial charge in [0, 0.05) is 19.1 Å².